The van der Waals surface area contributed by atoms with Gasteiger partial charge in [-0.15, -0.1) is 0 Å². The summed E-state index contributed by atoms with van der Waals surface area (Å²) in [5, 5.41) is 3.10. The molecule has 2 fully saturated rings. The van der Waals surface area contributed by atoms with Gasteiger partial charge in [-0.05, 0) is 24.5 Å². The molecule has 1 aliphatic heterocycles. The van der Waals surface area contributed by atoms with E-state index in [1.807, 2.05) is 0 Å². The number of piperazine rings is 1. The second-order valence-corrected chi connectivity index (χ2v) is 7.30. The lowest BCUT2D eigenvalue weighted by Crippen LogP contribution is -2.50. The minimum absolute atomic E-state index is 0.0863. The van der Waals surface area contributed by atoms with Gasteiger partial charge in [0.05, 0.1) is 12.1 Å². The average molecular weight is 369 g/mol. The number of rotatable bonds is 5. The van der Waals surface area contributed by atoms with E-state index in [1.165, 1.54) is 25.0 Å². The Bertz CT molecular complexity index is 606. The van der Waals surface area contributed by atoms with E-state index in [-0.39, 0.29) is 5.91 Å². The normalized spacial score (nSPS) is 20.4. The highest BCUT2D eigenvalue weighted by Gasteiger charge is 2.30. The number of alkyl halides is 3. The van der Waals surface area contributed by atoms with Gasteiger partial charge in [-0.1, -0.05) is 31.0 Å². The molecule has 1 amide bonds. The van der Waals surface area contributed by atoms with Crippen LogP contribution in [0.15, 0.2) is 24.3 Å². The minimum atomic E-state index is -4.30. The summed E-state index contributed by atoms with van der Waals surface area (Å²) in [5.74, 6) is 0.0863. The number of carbonyl (C=O) groups is 1. The summed E-state index contributed by atoms with van der Waals surface area (Å²) in [5.41, 5.74) is 0.0736. The first-order chi connectivity index (χ1) is 12.4. The van der Waals surface area contributed by atoms with Crippen LogP contribution in [-0.2, 0) is 17.5 Å². The molecule has 0 bridgehead atoms. The number of amides is 1. The van der Waals surface area contributed by atoms with Crippen molar-refractivity contribution in [1.82, 2.24) is 15.1 Å². The third-order valence-electron chi connectivity index (χ3n) is 5.21. The molecular weight excluding hydrogens is 343 g/mol. The fourth-order valence-electron chi connectivity index (χ4n) is 3.76. The zero-order valence-corrected chi connectivity index (χ0v) is 14.9. The fourth-order valence-corrected chi connectivity index (χ4v) is 3.76. The van der Waals surface area contributed by atoms with E-state index in [1.54, 1.807) is 6.07 Å². The Morgan fingerprint density at radius 3 is 2.38 bits per heavy atom. The minimum Gasteiger partial charge on any atom is -0.352 e. The molecule has 1 heterocycles. The van der Waals surface area contributed by atoms with Gasteiger partial charge >= 0.3 is 6.18 Å². The van der Waals surface area contributed by atoms with Gasteiger partial charge < -0.3 is 5.32 Å². The van der Waals surface area contributed by atoms with Crippen molar-refractivity contribution in [2.45, 2.75) is 44.4 Å². The Morgan fingerprint density at radius 2 is 1.73 bits per heavy atom. The molecule has 1 N–H and O–H groups in total. The Morgan fingerprint density at radius 1 is 1.08 bits per heavy atom. The maximum absolute atomic E-state index is 12.8. The molecule has 7 heteroatoms. The zero-order valence-electron chi connectivity index (χ0n) is 14.9. The SMILES string of the molecule is O=C(CN1CCN(Cc2cccc(C(F)(F)F)c2)CC1)NC1CCCC1. The van der Waals surface area contributed by atoms with Crippen molar-refractivity contribution in [2.75, 3.05) is 32.7 Å². The molecule has 2 aliphatic rings. The number of nitrogens with zero attached hydrogens (tertiary/aromatic N) is 2. The van der Waals surface area contributed by atoms with Gasteiger partial charge in [0.15, 0.2) is 0 Å². The average Bonchev–Trinajstić information content (AvgIpc) is 3.09. The first kappa shape index (κ1) is 19.2. The summed E-state index contributed by atoms with van der Waals surface area (Å²) in [7, 11) is 0. The molecule has 1 aliphatic carbocycles. The molecule has 1 saturated heterocycles. The third-order valence-corrected chi connectivity index (χ3v) is 5.21. The Labute approximate surface area is 152 Å². The number of hydrogen-bond acceptors (Lipinski definition) is 3. The van der Waals surface area contributed by atoms with Gasteiger partial charge in [0.2, 0.25) is 5.91 Å². The van der Waals surface area contributed by atoms with E-state index in [4.69, 9.17) is 0 Å². The molecule has 4 nitrogen and oxygen atoms in total. The summed E-state index contributed by atoms with van der Waals surface area (Å²) in [6, 6.07) is 5.86. The quantitative estimate of drug-likeness (QED) is 0.867. The van der Waals surface area contributed by atoms with Gasteiger partial charge in [-0.25, -0.2) is 0 Å². The second kappa shape index (κ2) is 8.39. The largest absolute Gasteiger partial charge is 0.416 e. The van der Waals surface area contributed by atoms with Crippen molar-refractivity contribution in [3.8, 4) is 0 Å². The molecule has 1 aromatic rings. The van der Waals surface area contributed by atoms with Gasteiger partial charge in [0, 0.05) is 38.8 Å². The topological polar surface area (TPSA) is 35.6 Å². The maximum Gasteiger partial charge on any atom is 0.416 e. The number of nitrogens with one attached hydrogen (secondary N) is 1. The first-order valence-electron chi connectivity index (χ1n) is 9.30. The molecule has 1 saturated carbocycles. The molecule has 0 radical (unpaired) electrons. The van der Waals surface area contributed by atoms with E-state index in [2.05, 4.69) is 15.1 Å². The van der Waals surface area contributed by atoms with Crippen LogP contribution < -0.4 is 5.32 Å². The van der Waals surface area contributed by atoms with Crippen LogP contribution in [0.4, 0.5) is 13.2 Å². The predicted molar refractivity (Wildman–Crippen MR) is 93.6 cm³/mol. The summed E-state index contributed by atoms with van der Waals surface area (Å²) in [6.45, 7) is 3.95. The van der Waals surface area contributed by atoms with E-state index >= 15 is 0 Å². The van der Waals surface area contributed by atoms with E-state index < -0.39 is 11.7 Å². The molecule has 144 valence electrons. The van der Waals surface area contributed by atoms with Crippen molar-refractivity contribution >= 4 is 5.91 Å². The zero-order chi connectivity index (χ0) is 18.6. The maximum atomic E-state index is 12.8. The van der Waals surface area contributed by atoms with Crippen LogP contribution in [-0.4, -0.2) is 54.5 Å². The van der Waals surface area contributed by atoms with Crippen LogP contribution in [0.25, 0.3) is 0 Å². The van der Waals surface area contributed by atoms with Crippen LogP contribution in [0.2, 0.25) is 0 Å². The van der Waals surface area contributed by atoms with Crippen LogP contribution in [0.5, 0.6) is 0 Å². The number of carbonyl (C=O) groups excluding carboxylic acids is 1. The molecule has 0 spiro atoms. The summed E-state index contributed by atoms with van der Waals surface area (Å²) in [6.07, 6.45) is 0.243. The van der Waals surface area contributed by atoms with Crippen molar-refractivity contribution in [3.05, 3.63) is 35.4 Å². The van der Waals surface area contributed by atoms with Crippen LogP contribution in [0, 0.1) is 0 Å². The Hall–Kier alpha value is -1.60. The highest BCUT2D eigenvalue weighted by molar-refractivity contribution is 5.78. The summed E-state index contributed by atoms with van der Waals surface area (Å²) < 4.78 is 38.4. The lowest BCUT2D eigenvalue weighted by molar-refractivity contribution is -0.137. The fraction of sp³-hybridized carbons (Fsp3) is 0.632. The van der Waals surface area contributed by atoms with Crippen molar-refractivity contribution in [3.63, 3.8) is 0 Å². The standard InChI is InChI=1S/C19H26F3N3O/c20-19(21,22)16-5-3-4-15(12-16)13-24-8-10-25(11-9-24)14-18(26)23-17-6-1-2-7-17/h3-5,12,17H,1-2,6-11,13-14H2,(H,23,26). The molecule has 3 rings (SSSR count). The summed E-state index contributed by atoms with van der Waals surface area (Å²) >= 11 is 0. The third kappa shape index (κ3) is 5.45. The Kier molecular flexibility index (Phi) is 6.19. The van der Waals surface area contributed by atoms with Crippen LogP contribution in [0.3, 0.4) is 0 Å². The number of hydrogen-bond donors (Lipinski definition) is 1. The van der Waals surface area contributed by atoms with E-state index in [0.29, 0.717) is 24.7 Å². The molecule has 26 heavy (non-hydrogen) atoms. The molecule has 1 aromatic carbocycles. The molecule has 0 atom stereocenters. The van der Waals surface area contributed by atoms with Crippen molar-refractivity contribution in [1.29, 1.82) is 0 Å². The molecular formula is C19H26F3N3O. The lowest BCUT2D eigenvalue weighted by atomic mass is 10.1. The number of halogens is 3. The van der Waals surface area contributed by atoms with Crippen molar-refractivity contribution < 1.29 is 18.0 Å². The monoisotopic (exact) mass is 369 g/mol. The highest BCUT2D eigenvalue weighted by atomic mass is 19.4. The Balaban J connectivity index is 1.43. The van der Waals surface area contributed by atoms with E-state index in [0.717, 1.165) is 45.1 Å². The van der Waals surface area contributed by atoms with Crippen LogP contribution in [0.1, 0.15) is 36.8 Å². The molecule has 0 aromatic heterocycles. The summed E-state index contributed by atoms with van der Waals surface area (Å²) in [4.78, 5) is 16.4. The van der Waals surface area contributed by atoms with Crippen molar-refractivity contribution in [2.24, 2.45) is 0 Å². The second-order valence-electron chi connectivity index (χ2n) is 7.30. The van der Waals surface area contributed by atoms with Gasteiger partial charge in [0.1, 0.15) is 0 Å². The first-order valence-corrected chi connectivity index (χ1v) is 9.30. The smallest absolute Gasteiger partial charge is 0.352 e. The van der Waals surface area contributed by atoms with Crippen LogP contribution >= 0.6 is 0 Å². The number of benzene rings is 1. The van der Waals surface area contributed by atoms with Gasteiger partial charge in [-0.2, -0.15) is 13.2 Å². The lowest BCUT2D eigenvalue weighted by Gasteiger charge is -2.34. The predicted octanol–water partition coefficient (Wildman–Crippen LogP) is 2.88. The van der Waals surface area contributed by atoms with E-state index in [9.17, 15) is 18.0 Å². The van der Waals surface area contributed by atoms with Gasteiger partial charge in [-0.3, -0.25) is 14.6 Å². The molecule has 0 unspecified atom stereocenters. The highest BCUT2D eigenvalue weighted by Crippen LogP contribution is 2.29. The van der Waals surface area contributed by atoms with Gasteiger partial charge in [0.25, 0.3) is 0 Å².